The van der Waals surface area contributed by atoms with E-state index in [0.29, 0.717) is 35.5 Å². The molecule has 1 unspecified atom stereocenters. The molecule has 0 fully saturated rings. The molecule has 2 aliphatic rings. The molecule has 2 aliphatic heterocycles. The summed E-state index contributed by atoms with van der Waals surface area (Å²) in [6, 6.07) is 9.49. The Morgan fingerprint density at radius 3 is 2.84 bits per heavy atom. The zero-order valence-corrected chi connectivity index (χ0v) is 17.0. The molecule has 158 valence electrons. The Morgan fingerprint density at radius 1 is 1.29 bits per heavy atom. The summed E-state index contributed by atoms with van der Waals surface area (Å²) in [6.45, 7) is 1.89. The van der Waals surface area contributed by atoms with Crippen LogP contribution < -0.4 is 11.3 Å². The number of rotatable bonds is 4. The van der Waals surface area contributed by atoms with Crippen LogP contribution in [-0.2, 0) is 39.5 Å². The van der Waals surface area contributed by atoms with Crippen LogP contribution in [0.25, 0.3) is 22.3 Å². The number of carbonyl (C=O) groups is 2. The summed E-state index contributed by atoms with van der Waals surface area (Å²) in [6.07, 6.45) is 0.884. The normalized spacial score (nSPS) is 19.0. The molecule has 0 saturated carbocycles. The van der Waals surface area contributed by atoms with Crippen molar-refractivity contribution in [2.24, 2.45) is 5.73 Å². The van der Waals surface area contributed by atoms with Crippen LogP contribution in [0.2, 0.25) is 0 Å². The molecule has 1 amide bonds. The highest BCUT2D eigenvalue weighted by atomic mass is 16.6. The lowest BCUT2D eigenvalue weighted by Gasteiger charge is -2.31. The van der Waals surface area contributed by atoms with Crippen molar-refractivity contribution < 1.29 is 19.4 Å². The van der Waals surface area contributed by atoms with Crippen LogP contribution in [0.3, 0.4) is 0 Å². The van der Waals surface area contributed by atoms with Crippen molar-refractivity contribution in [1.29, 1.82) is 0 Å². The molecule has 31 heavy (non-hydrogen) atoms. The van der Waals surface area contributed by atoms with Crippen molar-refractivity contribution in [3.8, 4) is 11.4 Å². The standard InChI is InChI=1S/C23H21N3O5/c1-2-23(30)16-9-18-20-14(10-26(18)21(28)15(16)11-31-22(23)29)8-13-5-3-12(4-6-19(24)27)7-17(13)25-20/h3,5,7-9,30H,2,4,6,10-11H2,1H3,(H2,24,27). The average Bonchev–Trinajstić information content (AvgIpc) is 3.11. The number of aliphatic hydroxyl groups is 1. The molecule has 4 heterocycles. The molecular weight excluding hydrogens is 398 g/mol. The van der Waals surface area contributed by atoms with Gasteiger partial charge in [0, 0.05) is 22.9 Å². The molecule has 3 aromatic rings. The van der Waals surface area contributed by atoms with Crippen LogP contribution in [-0.4, -0.2) is 26.5 Å². The Kier molecular flexibility index (Phi) is 4.23. The molecule has 3 N–H and O–H groups in total. The number of pyridine rings is 2. The second-order valence-corrected chi connectivity index (χ2v) is 8.09. The number of aromatic nitrogens is 2. The van der Waals surface area contributed by atoms with E-state index in [0.717, 1.165) is 22.0 Å². The van der Waals surface area contributed by atoms with Gasteiger partial charge >= 0.3 is 5.97 Å². The first-order valence-electron chi connectivity index (χ1n) is 10.2. The van der Waals surface area contributed by atoms with Crippen LogP contribution in [0.5, 0.6) is 0 Å². The number of hydrogen-bond donors (Lipinski definition) is 2. The van der Waals surface area contributed by atoms with Gasteiger partial charge in [0.2, 0.25) is 5.91 Å². The van der Waals surface area contributed by atoms with Gasteiger partial charge in [-0.05, 0) is 36.6 Å². The number of amides is 1. The number of carbonyl (C=O) groups excluding carboxylic acids is 2. The van der Waals surface area contributed by atoms with Gasteiger partial charge in [0.05, 0.1) is 29.0 Å². The molecule has 0 radical (unpaired) electrons. The molecule has 0 aliphatic carbocycles. The summed E-state index contributed by atoms with van der Waals surface area (Å²) >= 11 is 0. The Balaban J connectivity index is 1.67. The lowest BCUT2D eigenvalue weighted by atomic mass is 9.86. The molecule has 2 aromatic heterocycles. The van der Waals surface area contributed by atoms with Crippen LogP contribution in [0, 0.1) is 0 Å². The highest BCUT2D eigenvalue weighted by Crippen LogP contribution is 2.38. The quantitative estimate of drug-likeness (QED) is 0.483. The van der Waals surface area contributed by atoms with Crippen molar-refractivity contribution in [1.82, 2.24) is 9.55 Å². The minimum Gasteiger partial charge on any atom is -0.458 e. The van der Waals surface area contributed by atoms with Crippen molar-refractivity contribution >= 4 is 22.8 Å². The topological polar surface area (TPSA) is 125 Å². The van der Waals surface area contributed by atoms with E-state index in [1.54, 1.807) is 17.6 Å². The van der Waals surface area contributed by atoms with E-state index in [9.17, 15) is 19.5 Å². The van der Waals surface area contributed by atoms with Gasteiger partial charge in [-0.2, -0.15) is 0 Å². The van der Waals surface area contributed by atoms with Crippen LogP contribution in [0.1, 0.15) is 42.0 Å². The van der Waals surface area contributed by atoms with Crippen molar-refractivity contribution in [2.45, 2.75) is 44.9 Å². The molecule has 8 nitrogen and oxygen atoms in total. The lowest BCUT2D eigenvalue weighted by Crippen LogP contribution is -2.44. The summed E-state index contributed by atoms with van der Waals surface area (Å²) in [5.74, 6) is -1.10. The third kappa shape index (κ3) is 2.86. The largest absolute Gasteiger partial charge is 0.458 e. The number of nitrogens with zero attached hydrogens (tertiary/aromatic N) is 2. The number of hydrogen-bond acceptors (Lipinski definition) is 6. The maximum atomic E-state index is 13.2. The number of esters is 1. The number of ether oxygens (including phenoxy) is 1. The molecule has 1 aromatic carbocycles. The highest BCUT2D eigenvalue weighted by molar-refractivity contribution is 5.86. The van der Waals surface area contributed by atoms with E-state index in [-0.39, 0.29) is 30.9 Å². The fourth-order valence-corrected chi connectivity index (χ4v) is 4.44. The summed E-state index contributed by atoms with van der Waals surface area (Å²) in [5.41, 5.74) is 7.53. The fourth-order valence-electron chi connectivity index (χ4n) is 4.44. The second kappa shape index (κ2) is 6.75. The minimum absolute atomic E-state index is 0.100. The van der Waals surface area contributed by atoms with Crippen molar-refractivity contribution in [3.63, 3.8) is 0 Å². The average molecular weight is 419 g/mol. The smallest absolute Gasteiger partial charge is 0.343 e. The van der Waals surface area contributed by atoms with E-state index in [4.69, 9.17) is 15.5 Å². The van der Waals surface area contributed by atoms with E-state index in [1.807, 2.05) is 24.3 Å². The summed E-state index contributed by atoms with van der Waals surface area (Å²) in [5, 5.41) is 11.9. The van der Waals surface area contributed by atoms with Crippen molar-refractivity contribution in [2.75, 3.05) is 0 Å². The van der Waals surface area contributed by atoms with Gasteiger partial charge in [0.1, 0.15) is 6.61 Å². The number of nitrogens with two attached hydrogens (primary N) is 1. The van der Waals surface area contributed by atoms with Gasteiger partial charge in [-0.15, -0.1) is 0 Å². The lowest BCUT2D eigenvalue weighted by molar-refractivity contribution is -0.172. The third-order valence-corrected chi connectivity index (χ3v) is 6.23. The maximum absolute atomic E-state index is 13.2. The SMILES string of the molecule is CCC1(O)C(=O)OCc2c1cc1n(c2=O)Cc2cc3ccc(CCC(N)=O)cc3nc2-1. The predicted molar refractivity (Wildman–Crippen MR) is 112 cm³/mol. The number of cyclic esters (lactones) is 1. The molecule has 0 saturated heterocycles. The molecule has 0 bridgehead atoms. The zero-order valence-electron chi connectivity index (χ0n) is 17.0. The second-order valence-electron chi connectivity index (χ2n) is 8.09. The summed E-state index contributed by atoms with van der Waals surface area (Å²) in [7, 11) is 0. The zero-order chi connectivity index (χ0) is 21.9. The molecular formula is C23H21N3O5. The van der Waals surface area contributed by atoms with E-state index < -0.39 is 11.6 Å². The van der Waals surface area contributed by atoms with E-state index in [2.05, 4.69) is 0 Å². The van der Waals surface area contributed by atoms with Gasteiger partial charge in [0.25, 0.3) is 5.56 Å². The Labute approximate surface area is 177 Å². The molecule has 0 spiro atoms. The van der Waals surface area contributed by atoms with Gasteiger partial charge < -0.3 is 20.1 Å². The number of primary amides is 1. The first-order chi connectivity index (χ1) is 14.8. The van der Waals surface area contributed by atoms with Gasteiger partial charge in [-0.1, -0.05) is 19.1 Å². The summed E-state index contributed by atoms with van der Waals surface area (Å²) in [4.78, 5) is 41.3. The highest BCUT2D eigenvalue weighted by Gasteiger charge is 2.45. The van der Waals surface area contributed by atoms with Crippen LogP contribution >= 0.6 is 0 Å². The fraction of sp³-hybridized carbons (Fsp3) is 0.304. The van der Waals surface area contributed by atoms with Gasteiger partial charge in [-0.25, -0.2) is 9.78 Å². The maximum Gasteiger partial charge on any atom is 0.343 e. The van der Waals surface area contributed by atoms with Crippen LogP contribution in [0.15, 0.2) is 35.1 Å². The molecule has 1 atom stereocenters. The number of aryl methyl sites for hydroxylation is 1. The molecule has 8 heteroatoms. The minimum atomic E-state index is -1.84. The third-order valence-electron chi connectivity index (χ3n) is 6.23. The number of fused-ring (bicyclic) bond motifs is 5. The Bertz CT molecular complexity index is 1340. The predicted octanol–water partition coefficient (Wildman–Crippen LogP) is 1.50. The van der Waals surface area contributed by atoms with Crippen LogP contribution in [0.4, 0.5) is 0 Å². The first-order valence-corrected chi connectivity index (χ1v) is 10.2. The Hall–Kier alpha value is -3.52. The summed E-state index contributed by atoms with van der Waals surface area (Å²) < 4.78 is 6.70. The monoisotopic (exact) mass is 419 g/mol. The Morgan fingerprint density at radius 2 is 2.10 bits per heavy atom. The van der Waals surface area contributed by atoms with Crippen molar-refractivity contribution in [3.05, 3.63) is 62.9 Å². The molecule has 5 rings (SSSR count). The number of benzene rings is 1. The van der Waals surface area contributed by atoms with Gasteiger partial charge in [-0.3, -0.25) is 9.59 Å². The van der Waals surface area contributed by atoms with Gasteiger partial charge in [0.15, 0.2) is 5.60 Å². The van der Waals surface area contributed by atoms with E-state index in [1.165, 1.54) is 0 Å². The van der Waals surface area contributed by atoms with E-state index >= 15 is 0 Å². The first kappa shape index (κ1) is 19.4.